The monoisotopic (exact) mass is 859 g/mol. The first kappa shape index (κ1) is 32.0. The van der Waals surface area contributed by atoms with Crippen molar-refractivity contribution in [2.24, 2.45) is 0 Å². The van der Waals surface area contributed by atoms with Crippen LogP contribution < -0.4 is 4.90 Å². The van der Waals surface area contributed by atoms with Crippen molar-refractivity contribution in [3.63, 3.8) is 0 Å². The zero-order valence-corrected chi connectivity index (χ0v) is 36.3. The first-order valence-corrected chi connectivity index (χ1v) is 22.4. The van der Waals surface area contributed by atoms with Crippen LogP contribution in [-0.4, -0.2) is 0 Å². The minimum atomic E-state index is -0.407. The third-order valence-corrected chi connectivity index (χ3v) is 12.6. The maximum Gasteiger partial charge on any atom is 0.0645 e. The average Bonchev–Trinajstić information content (AvgIpc) is 3.48. The summed E-state index contributed by atoms with van der Waals surface area (Å²) in [5, 5.41) is 6.14. The molecule has 12 aromatic carbocycles. The maximum atomic E-state index is 9.88. The van der Waals surface area contributed by atoms with Gasteiger partial charge in [0.25, 0.3) is 0 Å². The molecule has 0 N–H and O–H groups in total. The van der Waals surface area contributed by atoms with Crippen molar-refractivity contribution >= 4 is 49.4 Å². The van der Waals surface area contributed by atoms with E-state index in [4.69, 9.17) is 0 Å². The molecule has 1 nitrogen and oxygen atoms in total. The quantitative estimate of drug-likeness (QED) is 0.140. The van der Waals surface area contributed by atoms with Gasteiger partial charge in [-0.3, -0.25) is 0 Å². The summed E-state index contributed by atoms with van der Waals surface area (Å²) < 4.78 is 78.0. The molecule has 0 unspecified atom stereocenters. The van der Waals surface area contributed by atoms with E-state index in [0.717, 1.165) is 76.8 Å². The van der Waals surface area contributed by atoms with E-state index >= 15 is 0 Å². The van der Waals surface area contributed by atoms with Crippen LogP contribution in [0.1, 0.15) is 11.0 Å². The zero-order valence-electron chi connectivity index (χ0n) is 44.3. The molecule has 0 saturated heterocycles. The van der Waals surface area contributed by atoms with Gasteiger partial charge >= 0.3 is 0 Å². The topological polar surface area (TPSA) is 3.24 Å². The van der Waals surface area contributed by atoms with Crippen LogP contribution in [0.4, 0.5) is 17.1 Å². The van der Waals surface area contributed by atoms with Gasteiger partial charge in [-0.2, -0.15) is 0 Å². The van der Waals surface area contributed by atoms with Gasteiger partial charge < -0.3 is 4.90 Å². The Morgan fingerprint density at radius 1 is 0.239 bits per heavy atom. The summed E-state index contributed by atoms with van der Waals surface area (Å²) in [5.41, 5.74) is 8.51. The average molecular weight is 860 g/mol. The second-order valence-corrected chi connectivity index (χ2v) is 16.7. The molecule has 0 saturated carbocycles. The summed E-state index contributed by atoms with van der Waals surface area (Å²) in [4.78, 5) is 1.37. The fourth-order valence-corrected chi connectivity index (χ4v) is 9.12. The molecule has 0 aliphatic heterocycles. The van der Waals surface area contributed by atoms with Crippen LogP contribution in [0.15, 0.2) is 273 Å². The van der Waals surface area contributed by atoms with Crippen LogP contribution in [0.2, 0.25) is 0 Å². The van der Waals surface area contributed by atoms with Gasteiger partial charge in [0.1, 0.15) is 0 Å². The lowest BCUT2D eigenvalue weighted by molar-refractivity contribution is 1.28. The molecule has 0 amide bonds. The summed E-state index contributed by atoms with van der Waals surface area (Å²) in [6, 6.07) is 70.4. The van der Waals surface area contributed by atoms with Gasteiger partial charge in [-0.15, -0.1) is 0 Å². The summed E-state index contributed by atoms with van der Waals surface area (Å²) in [5.74, 6) is 0. The fraction of sp³-hybridized carbons (Fsp3) is 0. The molecular weight excluding hydrogens is 807 g/mol. The lowest BCUT2D eigenvalue weighted by Crippen LogP contribution is -2.09. The molecule has 0 aromatic heterocycles. The van der Waals surface area contributed by atoms with E-state index in [9.17, 15) is 11.0 Å². The van der Waals surface area contributed by atoms with Crippen molar-refractivity contribution < 1.29 is 11.0 Å². The Morgan fingerprint density at radius 2 is 0.657 bits per heavy atom. The number of benzene rings is 12. The Kier molecular flexibility index (Phi) is 8.26. The predicted molar refractivity (Wildman–Crippen MR) is 286 cm³/mol. The Hall–Kier alpha value is -8.78. The highest BCUT2D eigenvalue weighted by molar-refractivity contribution is 6.04. The highest BCUT2D eigenvalue weighted by Gasteiger charge is 2.17. The number of rotatable bonds is 9. The molecule has 314 valence electrons. The predicted octanol–water partition coefficient (Wildman–Crippen LogP) is 18.6. The van der Waals surface area contributed by atoms with Gasteiger partial charge in [0.05, 0.1) is 11.0 Å². The van der Waals surface area contributed by atoms with Crippen LogP contribution in [0, 0.1) is 0 Å². The molecule has 12 rings (SSSR count). The molecule has 0 fully saturated rings. The van der Waals surface area contributed by atoms with E-state index in [0.29, 0.717) is 16.8 Å². The summed E-state index contributed by atoms with van der Waals surface area (Å²) in [6.07, 6.45) is 0. The SMILES string of the molecule is [2H]c1c([2H])c(N(c2ccc(-c3cccc(-c4ccc5ccccc5c4)c3)cc2)c2c([2H])c([2H])c(-c3c(-c4ccccc4)ccc4ccccc34)c([2H])c2[2H])c([2H])c([2H])c1-c1ccc(-c2ccc3ccccc3c2)cc1. The lowest BCUT2D eigenvalue weighted by atomic mass is 9.89. The second-order valence-electron chi connectivity index (χ2n) is 16.7. The molecule has 12 aromatic rings. The van der Waals surface area contributed by atoms with Crippen LogP contribution in [0.25, 0.3) is 99.1 Å². The van der Waals surface area contributed by atoms with Crippen LogP contribution in [-0.2, 0) is 0 Å². The molecule has 67 heavy (non-hydrogen) atoms. The van der Waals surface area contributed by atoms with Crippen molar-refractivity contribution in [1.29, 1.82) is 0 Å². The third-order valence-electron chi connectivity index (χ3n) is 12.6. The van der Waals surface area contributed by atoms with Crippen LogP contribution >= 0.6 is 0 Å². The molecule has 0 spiro atoms. The Labute approximate surface area is 403 Å². The van der Waals surface area contributed by atoms with Gasteiger partial charge in [0, 0.05) is 17.1 Å². The number of nitrogens with zero attached hydrogens (tertiary/aromatic N) is 1. The lowest BCUT2D eigenvalue weighted by Gasteiger charge is -2.26. The molecule has 0 radical (unpaired) electrons. The number of hydrogen-bond donors (Lipinski definition) is 0. The van der Waals surface area contributed by atoms with Crippen molar-refractivity contribution in [2.45, 2.75) is 0 Å². The summed E-state index contributed by atoms with van der Waals surface area (Å²) >= 11 is 0. The van der Waals surface area contributed by atoms with Gasteiger partial charge in [-0.1, -0.05) is 218 Å². The van der Waals surface area contributed by atoms with Crippen LogP contribution in [0.3, 0.4) is 0 Å². The Bertz CT molecular complexity index is 4150. The first-order valence-electron chi connectivity index (χ1n) is 26.4. The molecule has 0 atom stereocenters. The smallest absolute Gasteiger partial charge is 0.0645 e. The Balaban J connectivity index is 1.02. The summed E-state index contributed by atoms with van der Waals surface area (Å²) in [6.45, 7) is 0. The molecule has 0 aliphatic rings. The van der Waals surface area contributed by atoms with E-state index in [1.54, 1.807) is 24.3 Å². The van der Waals surface area contributed by atoms with Crippen molar-refractivity contribution in [3.05, 3.63) is 273 Å². The molecule has 0 heterocycles. The fourth-order valence-electron chi connectivity index (χ4n) is 9.12. The van der Waals surface area contributed by atoms with Crippen molar-refractivity contribution in [2.75, 3.05) is 4.90 Å². The highest BCUT2D eigenvalue weighted by Crippen LogP contribution is 2.42. The van der Waals surface area contributed by atoms with Gasteiger partial charge in [0.2, 0.25) is 0 Å². The molecule has 1 heteroatoms. The maximum absolute atomic E-state index is 9.88. The van der Waals surface area contributed by atoms with Crippen molar-refractivity contribution in [3.8, 4) is 66.8 Å². The normalized spacial score (nSPS) is 13.0. The van der Waals surface area contributed by atoms with Gasteiger partial charge in [0.15, 0.2) is 0 Å². The molecular formula is C66H45N. The zero-order chi connectivity index (χ0) is 51.5. The standard InChI is InChI=1S/C66H45N/c1-2-13-52(14-3-1)65-42-35-53-15-8-9-20-64(53)66(65)54-33-40-63(41-34-54)67(61-36-29-49(30-37-61)48-21-23-50(24-22-48)59-27-25-46-11-4-6-16-55(46)44-59)62-38-31-51(32-39-62)57-18-10-19-58(43-57)60-28-26-47-12-5-7-17-56(47)45-60/h1-45H/i29D,30D,33D,34D,36D,37D,40D,41D. The van der Waals surface area contributed by atoms with E-state index < -0.39 is 24.2 Å². The first-order chi connectivity index (χ1) is 36.5. The minimum absolute atomic E-state index is 0.0969. The summed E-state index contributed by atoms with van der Waals surface area (Å²) in [7, 11) is 0. The minimum Gasteiger partial charge on any atom is -0.311 e. The van der Waals surface area contributed by atoms with E-state index in [2.05, 4.69) is 72.8 Å². The highest BCUT2D eigenvalue weighted by atomic mass is 15.1. The second kappa shape index (κ2) is 17.3. The van der Waals surface area contributed by atoms with Gasteiger partial charge in [-0.25, -0.2) is 0 Å². The van der Waals surface area contributed by atoms with Crippen LogP contribution in [0.5, 0.6) is 0 Å². The van der Waals surface area contributed by atoms with E-state index in [1.807, 2.05) is 127 Å². The molecule has 0 aliphatic carbocycles. The Morgan fingerprint density at radius 3 is 1.27 bits per heavy atom. The third kappa shape index (κ3) is 7.84. The number of anilines is 3. The largest absolute Gasteiger partial charge is 0.311 e. The number of hydrogen-bond acceptors (Lipinski definition) is 1. The van der Waals surface area contributed by atoms with E-state index in [-0.39, 0.29) is 46.7 Å². The molecule has 0 bridgehead atoms. The van der Waals surface area contributed by atoms with E-state index in [1.165, 1.54) is 4.90 Å². The van der Waals surface area contributed by atoms with Gasteiger partial charge in [-0.05, 0) is 154 Å². The number of fused-ring (bicyclic) bond motifs is 3. The van der Waals surface area contributed by atoms with Crippen molar-refractivity contribution in [1.82, 2.24) is 0 Å².